The van der Waals surface area contributed by atoms with Crippen LogP contribution in [0.25, 0.3) is 72.6 Å². The predicted octanol–water partition coefficient (Wildman–Crippen LogP) is 13.5. The second-order valence-electron chi connectivity index (χ2n) is 17.3. The maximum absolute atomic E-state index is 13.7. The quantitative estimate of drug-likeness (QED) is 0.118. The molecule has 0 saturated heterocycles. The SMILES string of the molecule is CC(C)(C)c1ccc(-n2c(-c3[c-]ccc4c3oc3nccc(-c5ccc(F)cc5)c34)nc3ccccc32)cc1.[2H]c1[c-]c(-c2cc(C([2H])([2H])C(C)C)[c]([Ge]([CH3])([CH3])[CH3])cn2)cc([2H])c1C([2H])([2H])[2H].[Ir]. The van der Waals surface area contributed by atoms with Gasteiger partial charge in [0.1, 0.15) is 5.82 Å². The Morgan fingerprint density at radius 1 is 0.934 bits per heavy atom. The summed E-state index contributed by atoms with van der Waals surface area (Å²) in [6, 6.07) is 37.6. The van der Waals surface area contributed by atoms with E-state index in [9.17, 15) is 4.39 Å². The zero-order valence-corrected chi connectivity index (χ0v) is 39.9. The Bertz CT molecular complexity index is 3280. The van der Waals surface area contributed by atoms with E-state index in [2.05, 4.69) is 95.0 Å². The number of furan rings is 1. The maximum Gasteiger partial charge on any atom is 0 e. The van der Waals surface area contributed by atoms with E-state index in [4.69, 9.17) is 19.0 Å². The summed E-state index contributed by atoms with van der Waals surface area (Å²) in [5.41, 5.74) is 8.97. The zero-order chi connectivity index (χ0) is 48.4. The van der Waals surface area contributed by atoms with Crippen LogP contribution in [0.3, 0.4) is 0 Å². The molecule has 9 aromatic rings. The first kappa shape index (κ1) is 35.4. The van der Waals surface area contributed by atoms with E-state index >= 15 is 0 Å². The first-order valence-electron chi connectivity index (χ1n) is 23.6. The van der Waals surface area contributed by atoms with Crippen molar-refractivity contribution in [2.24, 2.45) is 5.92 Å². The van der Waals surface area contributed by atoms with Crippen LogP contribution in [-0.4, -0.2) is 32.8 Å². The number of benzene rings is 5. The molecule has 9 rings (SSSR count). The third-order valence-corrected chi connectivity index (χ3v) is 14.6. The van der Waals surface area contributed by atoms with Gasteiger partial charge in [-0.25, -0.2) is 9.37 Å². The maximum atomic E-state index is 13.7. The average Bonchev–Trinajstić information content (AvgIpc) is 3.84. The fraction of sp³-hybridized carbons (Fsp3) is 0.226. The fourth-order valence-electron chi connectivity index (χ4n) is 7.38. The molecular weight excluding hydrogens is 992 g/mol. The minimum Gasteiger partial charge on any atom is 0 e. The van der Waals surface area contributed by atoms with Gasteiger partial charge in [-0.3, -0.25) is 4.98 Å². The molecule has 311 valence electrons. The molecule has 0 aliphatic carbocycles. The van der Waals surface area contributed by atoms with E-state index in [1.165, 1.54) is 23.8 Å². The molecule has 0 spiro atoms. The smallest absolute Gasteiger partial charge is 0 e. The Kier molecular flexibility index (Phi) is 10.2. The summed E-state index contributed by atoms with van der Waals surface area (Å²) in [5, 5.41) is 1.79. The van der Waals surface area contributed by atoms with Crippen molar-refractivity contribution in [1.29, 1.82) is 0 Å². The van der Waals surface area contributed by atoms with Gasteiger partial charge in [0.2, 0.25) is 5.71 Å². The summed E-state index contributed by atoms with van der Waals surface area (Å²) < 4.78 is 79.0. The molecule has 0 unspecified atom stereocenters. The van der Waals surface area contributed by atoms with Gasteiger partial charge in [-0.1, -0.05) is 68.1 Å². The van der Waals surface area contributed by atoms with Crippen molar-refractivity contribution in [3.05, 3.63) is 162 Å². The minimum absolute atomic E-state index is 0. The predicted molar refractivity (Wildman–Crippen MR) is 249 cm³/mol. The Labute approximate surface area is 385 Å². The van der Waals surface area contributed by atoms with Gasteiger partial charge in [-0.2, -0.15) is 0 Å². The van der Waals surface area contributed by atoms with Crippen LogP contribution in [-0.2, 0) is 31.9 Å². The molecule has 0 fully saturated rings. The van der Waals surface area contributed by atoms with Gasteiger partial charge in [0.25, 0.3) is 0 Å². The van der Waals surface area contributed by atoms with Gasteiger partial charge in [0, 0.05) is 37.4 Å². The third-order valence-electron chi connectivity index (χ3n) is 10.4. The summed E-state index contributed by atoms with van der Waals surface area (Å²) in [6.45, 7) is 7.75. The minimum atomic E-state index is -2.55. The number of pyridine rings is 2. The molecule has 0 amide bonds. The largest absolute Gasteiger partial charge is 0 e. The molecule has 1 radical (unpaired) electrons. The van der Waals surface area contributed by atoms with E-state index < -0.39 is 26.5 Å². The van der Waals surface area contributed by atoms with Crippen molar-refractivity contribution < 1.29 is 38.5 Å². The van der Waals surface area contributed by atoms with Crippen LogP contribution in [0.15, 0.2) is 132 Å². The van der Waals surface area contributed by atoms with Gasteiger partial charge in [-0.15, -0.1) is 18.2 Å². The van der Waals surface area contributed by atoms with Gasteiger partial charge in [0.05, 0.1) is 22.4 Å². The summed E-state index contributed by atoms with van der Waals surface area (Å²) in [5.74, 6) is 6.76. The molecule has 61 heavy (non-hydrogen) atoms. The van der Waals surface area contributed by atoms with Crippen molar-refractivity contribution in [2.45, 2.75) is 70.5 Å². The van der Waals surface area contributed by atoms with Crippen LogP contribution in [0.2, 0.25) is 17.3 Å². The Morgan fingerprint density at radius 2 is 1.69 bits per heavy atom. The molecule has 4 aromatic heterocycles. The Hall–Kier alpha value is -5.21. The molecular formula is C53H51FGeIrN4O-2. The normalized spacial score (nSPS) is 14.0. The van der Waals surface area contributed by atoms with Gasteiger partial charge in [-0.05, 0) is 64.6 Å². The van der Waals surface area contributed by atoms with E-state index in [0.717, 1.165) is 54.4 Å². The van der Waals surface area contributed by atoms with Crippen molar-refractivity contribution in [3.8, 4) is 39.5 Å². The van der Waals surface area contributed by atoms with Crippen LogP contribution in [0, 0.1) is 30.7 Å². The van der Waals surface area contributed by atoms with Gasteiger partial charge >= 0.3 is 141 Å². The van der Waals surface area contributed by atoms with Crippen molar-refractivity contribution >= 4 is 50.8 Å². The first-order valence-corrected chi connectivity index (χ1v) is 27.4. The van der Waals surface area contributed by atoms with Crippen LogP contribution < -0.4 is 4.40 Å². The molecule has 0 N–H and O–H groups in total. The number of hydrogen-bond acceptors (Lipinski definition) is 4. The number of halogens is 1. The number of fused-ring (bicyclic) bond motifs is 4. The standard InChI is InChI=1S/C34H25FN3O.C19H26GeN.Ir/c1-34(2,3)22-13-17-24(18-14-22)38-29-10-5-4-9-28(29)37-32(38)27-8-6-7-26-30-25(21-11-15-23(35)16-12-21)19-20-36-33(30)39-31(26)27;1-14(2)11-17-12-19(16-9-7-15(3)8-10-16)21-13-18(17)20(4,5)6;/h4-7,9-20H,1-3H3;7-9,12-14H,11H2,1-6H3;/q2*-1;/i;3D3,7D,8D,11D2;. The van der Waals surface area contributed by atoms with E-state index in [0.29, 0.717) is 28.1 Å². The van der Waals surface area contributed by atoms with Crippen LogP contribution in [0.4, 0.5) is 4.39 Å². The molecule has 0 bridgehead atoms. The molecule has 0 saturated carbocycles. The topological polar surface area (TPSA) is 56.7 Å². The summed E-state index contributed by atoms with van der Waals surface area (Å²) in [4.78, 5) is 14.0. The molecule has 0 aliphatic heterocycles. The Balaban J connectivity index is 0.000000211. The average molecular weight is 1050 g/mol. The summed E-state index contributed by atoms with van der Waals surface area (Å²) >= 11 is -2.42. The number of aromatic nitrogens is 4. The molecule has 0 atom stereocenters. The number of para-hydroxylation sites is 2. The molecule has 8 heteroatoms. The van der Waals surface area contributed by atoms with E-state index in [1.54, 1.807) is 30.6 Å². The van der Waals surface area contributed by atoms with Crippen LogP contribution >= 0.6 is 0 Å². The van der Waals surface area contributed by atoms with Crippen molar-refractivity contribution in [2.75, 3.05) is 0 Å². The fourth-order valence-corrected chi connectivity index (χ4v) is 10.3. The van der Waals surface area contributed by atoms with Crippen LogP contribution in [0.1, 0.15) is 60.9 Å². The van der Waals surface area contributed by atoms with Gasteiger partial charge in [0.15, 0.2) is 0 Å². The van der Waals surface area contributed by atoms with E-state index in [-0.39, 0.29) is 54.9 Å². The number of imidazole rings is 1. The number of hydrogen-bond donors (Lipinski definition) is 0. The second-order valence-corrected chi connectivity index (χ2v) is 27.9. The monoisotopic (exact) mass is 1050 g/mol. The second kappa shape index (κ2) is 17.6. The van der Waals surface area contributed by atoms with Crippen molar-refractivity contribution in [3.63, 3.8) is 0 Å². The molecule has 5 aromatic carbocycles. The van der Waals surface area contributed by atoms with Crippen LogP contribution in [0.5, 0.6) is 0 Å². The number of nitrogens with zero attached hydrogens (tertiary/aromatic N) is 4. The van der Waals surface area contributed by atoms with Crippen molar-refractivity contribution in [1.82, 2.24) is 19.5 Å². The molecule has 5 nitrogen and oxygen atoms in total. The third kappa shape index (κ3) is 9.21. The zero-order valence-electron chi connectivity index (χ0n) is 42.5. The molecule has 4 heterocycles. The first-order chi connectivity index (χ1) is 31.4. The molecule has 0 aliphatic rings. The van der Waals surface area contributed by atoms with Gasteiger partial charge < -0.3 is 8.98 Å². The summed E-state index contributed by atoms with van der Waals surface area (Å²) in [6.07, 6.45) is 1.88. The summed E-state index contributed by atoms with van der Waals surface area (Å²) in [7, 11) is 0. The Morgan fingerprint density at radius 3 is 2.38 bits per heavy atom. The van der Waals surface area contributed by atoms with E-state index in [1.807, 2.05) is 50.2 Å². The number of rotatable bonds is 7.